The number of ether oxygens (including phenoxy) is 1. The number of piperazine rings is 1. The molecule has 16 nitrogen and oxygen atoms in total. The van der Waals surface area contributed by atoms with Crippen molar-refractivity contribution in [2.75, 3.05) is 45.8 Å². The third kappa shape index (κ3) is 7.97. The molecule has 0 unspecified atom stereocenters. The molecule has 6 aromatic rings. The number of aliphatic hydroxyl groups is 1. The van der Waals surface area contributed by atoms with E-state index in [4.69, 9.17) is 9.72 Å². The minimum atomic E-state index is -1.88. The zero-order chi connectivity index (χ0) is 47.6. The molecular formula is C52H58N8O8. The second-order valence-electron chi connectivity index (χ2n) is 19.2. The van der Waals surface area contributed by atoms with Gasteiger partial charge in [-0.1, -0.05) is 45.9 Å². The Morgan fingerprint density at radius 1 is 0.882 bits per heavy atom. The average Bonchev–Trinajstić information content (AvgIpc) is 3.90. The summed E-state index contributed by atoms with van der Waals surface area (Å²) in [5.74, 6) is 0.0129. The Morgan fingerprint density at radius 2 is 1.60 bits per heavy atom. The zero-order valence-corrected chi connectivity index (χ0v) is 39.0. The predicted octanol–water partition coefficient (Wildman–Crippen LogP) is 5.32. The number of nitrogens with one attached hydrogen (secondary N) is 1. The Bertz CT molecular complexity index is 3080. The van der Waals surface area contributed by atoms with Gasteiger partial charge >= 0.3 is 11.7 Å². The highest BCUT2D eigenvalue weighted by Gasteiger charge is 2.45. The van der Waals surface area contributed by atoms with E-state index in [1.54, 1.807) is 23.6 Å². The average molecular weight is 923 g/mol. The molecule has 4 aliphatic heterocycles. The number of H-pyrrole nitrogens is 1. The number of aromatic nitrogens is 5. The highest BCUT2D eigenvalue weighted by molar-refractivity contribution is 5.90. The zero-order valence-electron chi connectivity index (χ0n) is 39.0. The van der Waals surface area contributed by atoms with Gasteiger partial charge in [-0.2, -0.15) is 5.10 Å². The van der Waals surface area contributed by atoms with Gasteiger partial charge in [-0.05, 0) is 96.2 Å². The molecule has 7 heterocycles. The summed E-state index contributed by atoms with van der Waals surface area (Å²) < 4.78 is 8.35. The molecule has 2 saturated heterocycles. The Labute approximate surface area is 393 Å². The molecule has 0 aliphatic carbocycles. The Balaban J connectivity index is 0.723. The Hall–Kier alpha value is -6.62. The lowest BCUT2D eigenvalue weighted by atomic mass is 9.86. The van der Waals surface area contributed by atoms with E-state index in [0.717, 1.165) is 98.4 Å². The van der Waals surface area contributed by atoms with Crippen LogP contribution in [0.4, 0.5) is 0 Å². The van der Waals surface area contributed by atoms with Crippen LogP contribution < -0.4 is 11.2 Å². The van der Waals surface area contributed by atoms with Crippen LogP contribution in [0.5, 0.6) is 11.5 Å². The third-order valence-corrected chi connectivity index (χ3v) is 14.8. The molecule has 0 radical (unpaired) electrons. The van der Waals surface area contributed by atoms with Gasteiger partial charge in [-0.25, -0.2) is 24.2 Å². The highest BCUT2D eigenvalue weighted by atomic mass is 16.6. The summed E-state index contributed by atoms with van der Waals surface area (Å²) in [6, 6.07) is 18.5. The monoisotopic (exact) mass is 922 g/mol. The number of esters is 1. The number of fused-ring (bicyclic) bond motifs is 5. The maximum Gasteiger partial charge on any atom is 0.348 e. The first-order valence-corrected chi connectivity index (χ1v) is 23.9. The number of hydrogen-bond acceptors (Lipinski definition) is 12. The first-order valence-electron chi connectivity index (χ1n) is 23.9. The molecule has 3 aromatic heterocycles. The number of carbonyl (C=O) groups is 2. The van der Waals surface area contributed by atoms with Crippen molar-refractivity contribution in [3.8, 4) is 40.0 Å². The molecule has 10 rings (SSSR count). The van der Waals surface area contributed by atoms with Crippen LogP contribution in [0.1, 0.15) is 91.8 Å². The van der Waals surface area contributed by atoms with Crippen LogP contribution in [0.2, 0.25) is 0 Å². The number of cyclic esters (lactones) is 1. The number of aromatic hydroxyl groups is 2. The molecule has 354 valence electrons. The number of phenolic OH excluding ortho intramolecular Hbond substituents is 2. The number of nitrogens with zero attached hydrogens (tertiary/aromatic N) is 7. The molecule has 0 bridgehead atoms. The number of rotatable bonds is 11. The standard InChI is InChI=1S/C52H58N8O8/c1-5-35-37-21-33(9-12-42(37)53-47-39(35)28-59-43(47)24-41-40(49(59)64)29-68-50(65)52(41,67)6-2)22-46(63)58-15-13-32(14-16-58)27-57-19-17-56(18-20-57)26-31-7-10-34(11-8-31)60-48(54-55-51(60)66)38-23-36(30(3)4)44(61)25-45(38)62/h7-12,21,23-25,30,32,61-62,67H,5-6,13-20,22,26-29H2,1-4H3,(H,55,66)/t52-/m0/s1. The van der Waals surface area contributed by atoms with E-state index in [9.17, 15) is 34.5 Å². The number of carbonyl (C=O) groups excluding carboxylic acids is 2. The van der Waals surface area contributed by atoms with Crippen LogP contribution in [0.3, 0.4) is 0 Å². The second-order valence-corrected chi connectivity index (χ2v) is 19.2. The summed E-state index contributed by atoms with van der Waals surface area (Å²) in [6.07, 6.45) is 3.03. The first kappa shape index (κ1) is 45.2. The Morgan fingerprint density at radius 3 is 2.31 bits per heavy atom. The van der Waals surface area contributed by atoms with E-state index in [0.29, 0.717) is 64.6 Å². The van der Waals surface area contributed by atoms with E-state index < -0.39 is 17.3 Å². The van der Waals surface area contributed by atoms with Crippen molar-refractivity contribution in [2.24, 2.45) is 5.92 Å². The van der Waals surface area contributed by atoms with Crippen molar-refractivity contribution in [2.45, 2.75) is 91.0 Å². The lowest BCUT2D eigenvalue weighted by Crippen LogP contribution is -2.48. The van der Waals surface area contributed by atoms with Gasteiger partial charge in [0.05, 0.1) is 46.7 Å². The predicted molar refractivity (Wildman–Crippen MR) is 256 cm³/mol. The fourth-order valence-corrected chi connectivity index (χ4v) is 10.8. The third-order valence-electron chi connectivity index (χ3n) is 14.8. The lowest BCUT2D eigenvalue weighted by Gasteiger charge is -2.39. The smallest absolute Gasteiger partial charge is 0.348 e. The number of piperidine rings is 1. The molecule has 0 saturated carbocycles. The quantitative estimate of drug-likeness (QED) is 0.122. The summed E-state index contributed by atoms with van der Waals surface area (Å²) in [7, 11) is 0. The van der Waals surface area contributed by atoms with Crippen LogP contribution in [-0.4, -0.2) is 112 Å². The molecular weight excluding hydrogens is 865 g/mol. The van der Waals surface area contributed by atoms with Gasteiger partial charge < -0.3 is 34.4 Å². The lowest BCUT2D eigenvalue weighted by molar-refractivity contribution is -0.172. The summed E-state index contributed by atoms with van der Waals surface area (Å²) in [4.78, 5) is 65.1. The number of aromatic amines is 1. The maximum atomic E-state index is 13.8. The molecule has 3 aromatic carbocycles. The van der Waals surface area contributed by atoms with E-state index in [1.807, 2.05) is 55.1 Å². The van der Waals surface area contributed by atoms with Crippen molar-refractivity contribution in [1.82, 2.24) is 39.0 Å². The van der Waals surface area contributed by atoms with Gasteiger partial charge in [-0.3, -0.25) is 14.5 Å². The summed E-state index contributed by atoms with van der Waals surface area (Å²) in [5.41, 5.74) is 5.76. The second kappa shape index (κ2) is 17.8. The number of aryl methyl sites for hydroxylation is 1. The minimum Gasteiger partial charge on any atom is -0.508 e. The van der Waals surface area contributed by atoms with Crippen LogP contribution in [0.15, 0.2) is 70.3 Å². The molecule has 0 spiro atoms. The van der Waals surface area contributed by atoms with E-state index in [2.05, 4.69) is 33.0 Å². The van der Waals surface area contributed by atoms with Crippen molar-refractivity contribution < 1.29 is 29.6 Å². The topological polar surface area (TPSA) is 199 Å². The van der Waals surface area contributed by atoms with Crippen molar-refractivity contribution in [3.63, 3.8) is 0 Å². The largest absolute Gasteiger partial charge is 0.508 e. The molecule has 1 amide bonds. The van der Waals surface area contributed by atoms with Crippen LogP contribution in [0.25, 0.3) is 39.4 Å². The highest BCUT2D eigenvalue weighted by Crippen LogP contribution is 2.41. The van der Waals surface area contributed by atoms with Gasteiger partial charge in [0.25, 0.3) is 5.56 Å². The van der Waals surface area contributed by atoms with Gasteiger partial charge in [0.1, 0.15) is 18.1 Å². The number of amides is 1. The molecule has 68 heavy (non-hydrogen) atoms. The Kier molecular flexibility index (Phi) is 11.8. The fraction of sp³-hybridized carbons (Fsp3) is 0.423. The molecule has 16 heteroatoms. The first-order chi connectivity index (χ1) is 32.7. The molecule has 1 atom stereocenters. The van der Waals surface area contributed by atoms with Gasteiger partial charge in [0, 0.05) is 74.9 Å². The SMILES string of the molecule is CCc1c2c(nc3ccc(CC(=O)N4CCC(CN5CCN(Cc6ccc(-n7c(-c8cc(C(C)C)c(O)cc8O)n[nH]c7=O)cc6)CC5)CC4)cc13)-c1cc3c(c(=O)n1C2)COC(=O)[C@]3(O)CC. The van der Waals surface area contributed by atoms with E-state index in [1.165, 1.54) is 10.6 Å². The van der Waals surface area contributed by atoms with Crippen molar-refractivity contribution in [3.05, 3.63) is 120 Å². The number of likely N-dealkylation sites (tertiary alicyclic amines) is 1. The van der Waals surface area contributed by atoms with Crippen LogP contribution in [-0.2, 0) is 52.5 Å². The van der Waals surface area contributed by atoms with Gasteiger partial charge in [0.2, 0.25) is 5.91 Å². The van der Waals surface area contributed by atoms with Crippen LogP contribution in [0, 0.1) is 5.92 Å². The summed E-state index contributed by atoms with van der Waals surface area (Å²) in [5, 5.41) is 40.0. The minimum absolute atomic E-state index is 0.00280. The van der Waals surface area contributed by atoms with E-state index >= 15 is 0 Å². The van der Waals surface area contributed by atoms with Gasteiger partial charge in [-0.15, -0.1) is 0 Å². The molecule has 2 fully saturated rings. The van der Waals surface area contributed by atoms with Crippen LogP contribution >= 0.6 is 0 Å². The number of benzene rings is 3. The van der Waals surface area contributed by atoms with Gasteiger partial charge in [0.15, 0.2) is 11.4 Å². The summed E-state index contributed by atoms with van der Waals surface area (Å²) >= 11 is 0. The number of phenols is 2. The van der Waals surface area contributed by atoms with E-state index in [-0.39, 0.29) is 47.7 Å². The number of pyridine rings is 2. The summed E-state index contributed by atoms with van der Waals surface area (Å²) in [6.45, 7) is 15.0. The normalized spacial score (nSPS) is 18.8. The number of hydrogen-bond donors (Lipinski definition) is 4. The molecule has 4 N–H and O–H groups in total. The molecule has 4 aliphatic rings. The fourth-order valence-electron chi connectivity index (χ4n) is 10.8. The maximum absolute atomic E-state index is 13.8. The van der Waals surface area contributed by atoms with Crippen molar-refractivity contribution in [1.29, 1.82) is 0 Å². The van der Waals surface area contributed by atoms with Crippen molar-refractivity contribution >= 4 is 22.8 Å².